The average Bonchev–Trinajstić information content (AvgIpc) is 2.95. The molecule has 0 unspecified atom stereocenters. The third-order valence-corrected chi connectivity index (χ3v) is 4.32. The van der Waals surface area contributed by atoms with E-state index in [0.717, 1.165) is 12.8 Å². The van der Waals surface area contributed by atoms with Crippen LogP contribution in [0.4, 0.5) is 0 Å². The molecule has 1 aliphatic carbocycles. The summed E-state index contributed by atoms with van der Waals surface area (Å²) in [5.41, 5.74) is 0.129. The van der Waals surface area contributed by atoms with Gasteiger partial charge in [-0.2, -0.15) is 0 Å². The number of hydrogen-bond acceptors (Lipinski definition) is 3. The second-order valence-electron chi connectivity index (χ2n) is 4.63. The third kappa shape index (κ3) is 2.54. The second kappa shape index (κ2) is 3.75. The molecule has 0 radical (unpaired) electrons. The van der Waals surface area contributed by atoms with Crippen molar-refractivity contribution < 1.29 is 13.5 Å². The van der Waals surface area contributed by atoms with Crippen molar-refractivity contribution in [2.24, 2.45) is 5.41 Å². The summed E-state index contributed by atoms with van der Waals surface area (Å²) in [7, 11) is -3.49. The van der Waals surface area contributed by atoms with Gasteiger partial charge in [-0.15, -0.1) is 0 Å². The number of aromatic hydroxyl groups is 1. The van der Waals surface area contributed by atoms with E-state index in [1.165, 1.54) is 24.3 Å². The van der Waals surface area contributed by atoms with Gasteiger partial charge in [-0.25, -0.2) is 13.1 Å². The van der Waals surface area contributed by atoms with E-state index in [1.807, 2.05) is 0 Å². The van der Waals surface area contributed by atoms with Gasteiger partial charge in [0.1, 0.15) is 5.75 Å². The Morgan fingerprint density at radius 1 is 1.44 bits per heavy atom. The van der Waals surface area contributed by atoms with Gasteiger partial charge in [0.15, 0.2) is 0 Å². The number of phenols is 1. The van der Waals surface area contributed by atoms with E-state index in [2.05, 4.69) is 11.6 Å². The summed E-state index contributed by atoms with van der Waals surface area (Å²) in [6, 6.07) is 5.68. The number of phenolic OH excluding ortho intramolecular Hbond substituents is 1. The van der Waals surface area contributed by atoms with Crippen molar-refractivity contribution in [3.05, 3.63) is 24.3 Å². The molecule has 0 aliphatic heterocycles. The molecule has 0 atom stereocenters. The van der Waals surface area contributed by atoms with E-state index in [-0.39, 0.29) is 16.1 Å². The molecule has 0 aromatic heterocycles. The summed E-state index contributed by atoms with van der Waals surface area (Å²) < 4.78 is 26.2. The molecular weight excluding hydrogens is 226 g/mol. The van der Waals surface area contributed by atoms with Crippen LogP contribution in [0.15, 0.2) is 29.2 Å². The van der Waals surface area contributed by atoms with Gasteiger partial charge in [-0.3, -0.25) is 0 Å². The number of sulfonamides is 1. The van der Waals surface area contributed by atoms with Crippen molar-refractivity contribution in [1.29, 1.82) is 0 Å². The fourth-order valence-corrected chi connectivity index (χ4v) is 2.63. The van der Waals surface area contributed by atoms with Crippen molar-refractivity contribution in [3.63, 3.8) is 0 Å². The lowest BCUT2D eigenvalue weighted by Gasteiger charge is -2.10. The molecule has 2 rings (SSSR count). The minimum atomic E-state index is -3.49. The van der Waals surface area contributed by atoms with Crippen LogP contribution in [0.2, 0.25) is 0 Å². The zero-order valence-corrected chi connectivity index (χ0v) is 9.92. The molecule has 0 amide bonds. The summed E-state index contributed by atoms with van der Waals surface area (Å²) in [5.74, 6) is -0.0412. The molecular formula is C11H15NO3S. The molecule has 1 fully saturated rings. The van der Waals surface area contributed by atoms with Crippen molar-refractivity contribution in [2.45, 2.75) is 24.7 Å². The van der Waals surface area contributed by atoms with Crippen LogP contribution in [0.25, 0.3) is 0 Å². The van der Waals surface area contributed by atoms with E-state index in [1.54, 1.807) is 0 Å². The number of nitrogens with one attached hydrogen (secondary N) is 1. The third-order valence-electron chi connectivity index (χ3n) is 2.92. The lowest BCUT2D eigenvalue weighted by Crippen LogP contribution is -2.29. The fraction of sp³-hybridized carbons (Fsp3) is 0.455. The molecule has 88 valence electrons. The zero-order chi connectivity index (χ0) is 11.8. The summed E-state index contributed by atoms with van der Waals surface area (Å²) in [6.45, 7) is 2.52. The van der Waals surface area contributed by atoms with Crippen LogP contribution >= 0.6 is 0 Å². The largest absolute Gasteiger partial charge is 0.508 e. The van der Waals surface area contributed by atoms with E-state index < -0.39 is 10.0 Å². The molecule has 16 heavy (non-hydrogen) atoms. The highest BCUT2D eigenvalue weighted by Gasteiger charge is 2.38. The summed E-state index contributed by atoms with van der Waals surface area (Å²) in [6.07, 6.45) is 2.13. The van der Waals surface area contributed by atoms with Crippen LogP contribution in [0.5, 0.6) is 5.75 Å². The Balaban J connectivity index is 2.12. The molecule has 0 spiro atoms. The zero-order valence-electron chi connectivity index (χ0n) is 9.10. The Hall–Kier alpha value is -1.07. The quantitative estimate of drug-likeness (QED) is 0.839. The summed E-state index contributed by atoms with van der Waals surface area (Å²) in [4.78, 5) is 0.108. The van der Waals surface area contributed by atoms with Crippen LogP contribution < -0.4 is 4.72 Å². The van der Waals surface area contributed by atoms with Crippen LogP contribution in [-0.2, 0) is 10.0 Å². The molecule has 0 heterocycles. The first-order chi connectivity index (χ1) is 7.41. The van der Waals surface area contributed by atoms with Crippen LogP contribution in [0.3, 0.4) is 0 Å². The Labute approximate surface area is 95.4 Å². The Morgan fingerprint density at radius 2 is 2.12 bits per heavy atom. The summed E-state index contributed by atoms with van der Waals surface area (Å²) >= 11 is 0. The van der Waals surface area contributed by atoms with Crippen LogP contribution in [-0.4, -0.2) is 20.1 Å². The number of benzene rings is 1. The highest BCUT2D eigenvalue weighted by atomic mass is 32.2. The molecule has 5 heteroatoms. The molecule has 0 bridgehead atoms. The first-order valence-electron chi connectivity index (χ1n) is 5.20. The van der Waals surface area contributed by atoms with Gasteiger partial charge in [-0.1, -0.05) is 13.0 Å². The molecule has 1 aliphatic rings. The molecule has 4 nitrogen and oxygen atoms in total. The lowest BCUT2D eigenvalue weighted by atomic mass is 10.2. The standard InChI is InChI=1S/C11H15NO3S/c1-11(5-6-11)8-12-16(14,15)10-4-2-3-9(13)7-10/h2-4,7,12-13H,5-6,8H2,1H3. The van der Waals surface area contributed by atoms with Gasteiger partial charge in [0.25, 0.3) is 0 Å². The highest BCUT2D eigenvalue weighted by molar-refractivity contribution is 7.89. The number of rotatable bonds is 4. The Morgan fingerprint density at radius 3 is 2.69 bits per heavy atom. The Bertz CT molecular complexity index is 492. The monoisotopic (exact) mass is 241 g/mol. The molecule has 2 N–H and O–H groups in total. The van der Waals surface area contributed by atoms with E-state index in [0.29, 0.717) is 6.54 Å². The van der Waals surface area contributed by atoms with E-state index >= 15 is 0 Å². The number of hydrogen-bond donors (Lipinski definition) is 2. The van der Waals surface area contributed by atoms with Gasteiger partial charge in [0, 0.05) is 6.54 Å². The maximum absolute atomic E-state index is 11.8. The molecule has 1 aromatic rings. The fourth-order valence-electron chi connectivity index (χ4n) is 1.39. The maximum Gasteiger partial charge on any atom is 0.240 e. The average molecular weight is 241 g/mol. The normalized spacial score (nSPS) is 18.3. The van der Waals surface area contributed by atoms with Crippen molar-refractivity contribution in [2.75, 3.05) is 6.54 Å². The maximum atomic E-state index is 11.8. The van der Waals surface area contributed by atoms with Crippen LogP contribution in [0, 0.1) is 5.41 Å². The second-order valence-corrected chi connectivity index (χ2v) is 6.40. The van der Waals surface area contributed by atoms with E-state index in [4.69, 9.17) is 0 Å². The van der Waals surface area contributed by atoms with Crippen molar-refractivity contribution >= 4 is 10.0 Å². The topological polar surface area (TPSA) is 66.4 Å². The first kappa shape index (κ1) is 11.4. The summed E-state index contributed by atoms with van der Waals surface area (Å²) in [5, 5.41) is 9.22. The van der Waals surface area contributed by atoms with Crippen LogP contribution in [0.1, 0.15) is 19.8 Å². The van der Waals surface area contributed by atoms with E-state index in [9.17, 15) is 13.5 Å². The predicted octanol–water partition coefficient (Wildman–Crippen LogP) is 1.47. The molecule has 1 saturated carbocycles. The van der Waals surface area contributed by atoms with Gasteiger partial charge in [0.05, 0.1) is 4.90 Å². The van der Waals surface area contributed by atoms with Crippen molar-refractivity contribution in [1.82, 2.24) is 4.72 Å². The SMILES string of the molecule is CC1(CNS(=O)(=O)c2cccc(O)c2)CC1. The van der Waals surface area contributed by atoms with Gasteiger partial charge >= 0.3 is 0 Å². The lowest BCUT2D eigenvalue weighted by molar-refractivity contribution is 0.472. The predicted molar refractivity (Wildman–Crippen MR) is 60.6 cm³/mol. The minimum absolute atomic E-state index is 0.0412. The molecule has 1 aromatic carbocycles. The minimum Gasteiger partial charge on any atom is -0.508 e. The van der Waals surface area contributed by atoms with Gasteiger partial charge in [-0.05, 0) is 36.5 Å². The molecule has 0 saturated heterocycles. The van der Waals surface area contributed by atoms with Gasteiger partial charge in [0.2, 0.25) is 10.0 Å². The smallest absolute Gasteiger partial charge is 0.240 e. The highest BCUT2D eigenvalue weighted by Crippen LogP contribution is 2.44. The first-order valence-corrected chi connectivity index (χ1v) is 6.68. The Kier molecular flexibility index (Phi) is 2.67. The van der Waals surface area contributed by atoms with Gasteiger partial charge < -0.3 is 5.11 Å². The van der Waals surface area contributed by atoms with Crippen molar-refractivity contribution in [3.8, 4) is 5.75 Å².